The zero-order valence-electron chi connectivity index (χ0n) is 9.60. The van der Waals surface area contributed by atoms with Gasteiger partial charge in [-0.3, -0.25) is 0 Å². The van der Waals surface area contributed by atoms with Gasteiger partial charge in [-0.1, -0.05) is 12.7 Å². The fourth-order valence-corrected chi connectivity index (χ4v) is 1.29. The summed E-state index contributed by atoms with van der Waals surface area (Å²) in [5.41, 5.74) is -4.81. The van der Waals surface area contributed by atoms with E-state index in [0.717, 1.165) is 12.2 Å². The Morgan fingerprint density at radius 3 is 1.63 bits per heavy atom. The van der Waals surface area contributed by atoms with Gasteiger partial charge < -0.3 is 0 Å². The van der Waals surface area contributed by atoms with Crippen LogP contribution in [0.25, 0.3) is 12.2 Å². The van der Waals surface area contributed by atoms with Gasteiger partial charge in [-0.15, -0.1) is 0 Å². The van der Waals surface area contributed by atoms with Crippen molar-refractivity contribution in [3.05, 3.63) is 35.4 Å². The standard InChI is InChI=1S/C11H8F6N2/c1-3-5-7-6(4-2)18-8(10(12,13)14)9(19-7)11(15,16)17/h3-5H,2H2,1H3/b5-3-. The van der Waals surface area contributed by atoms with Crippen molar-refractivity contribution in [2.24, 2.45) is 0 Å². The minimum atomic E-state index is -5.25. The molecule has 0 aliphatic heterocycles. The molecule has 1 rings (SSSR count). The van der Waals surface area contributed by atoms with Gasteiger partial charge in [0.15, 0.2) is 11.4 Å². The van der Waals surface area contributed by atoms with E-state index in [1.54, 1.807) is 0 Å². The molecule has 0 radical (unpaired) electrons. The summed E-state index contributed by atoms with van der Waals surface area (Å²) in [5.74, 6) is 0. The van der Waals surface area contributed by atoms with Gasteiger partial charge in [-0.2, -0.15) is 26.3 Å². The van der Waals surface area contributed by atoms with Crippen LogP contribution in [0, 0.1) is 0 Å². The summed E-state index contributed by atoms with van der Waals surface area (Å²) in [4.78, 5) is 5.98. The molecule has 0 saturated heterocycles. The maximum Gasteiger partial charge on any atom is 0.435 e. The lowest BCUT2D eigenvalue weighted by Gasteiger charge is -2.15. The lowest BCUT2D eigenvalue weighted by molar-refractivity contribution is -0.167. The van der Waals surface area contributed by atoms with Gasteiger partial charge in [-0.05, 0) is 19.1 Å². The maximum atomic E-state index is 12.6. The lowest BCUT2D eigenvalue weighted by atomic mass is 10.2. The molecule has 0 fully saturated rings. The van der Waals surface area contributed by atoms with Crippen LogP contribution >= 0.6 is 0 Å². The molecule has 1 aromatic rings. The van der Waals surface area contributed by atoms with Crippen molar-refractivity contribution in [3.63, 3.8) is 0 Å². The van der Waals surface area contributed by atoms with Gasteiger partial charge in [-0.25, -0.2) is 9.97 Å². The number of alkyl halides is 6. The number of aromatic nitrogens is 2. The van der Waals surface area contributed by atoms with E-state index < -0.39 is 23.7 Å². The highest BCUT2D eigenvalue weighted by molar-refractivity contribution is 5.58. The molecule has 1 heterocycles. The number of halogens is 6. The monoisotopic (exact) mass is 282 g/mol. The quantitative estimate of drug-likeness (QED) is 0.760. The van der Waals surface area contributed by atoms with Crippen molar-refractivity contribution in [2.75, 3.05) is 0 Å². The molecule has 0 amide bonds. The summed E-state index contributed by atoms with van der Waals surface area (Å²) in [6, 6.07) is 0. The summed E-state index contributed by atoms with van der Waals surface area (Å²) >= 11 is 0. The van der Waals surface area contributed by atoms with E-state index in [2.05, 4.69) is 16.5 Å². The first-order valence-corrected chi connectivity index (χ1v) is 4.92. The van der Waals surface area contributed by atoms with Crippen LogP contribution in [-0.2, 0) is 12.4 Å². The molecule has 2 nitrogen and oxygen atoms in total. The van der Waals surface area contributed by atoms with Gasteiger partial charge in [0.2, 0.25) is 0 Å². The van der Waals surface area contributed by atoms with Crippen molar-refractivity contribution >= 4 is 12.2 Å². The van der Waals surface area contributed by atoms with Crippen LogP contribution in [0.5, 0.6) is 0 Å². The number of hydrogen-bond donors (Lipinski definition) is 0. The van der Waals surface area contributed by atoms with E-state index >= 15 is 0 Å². The first kappa shape index (κ1) is 15.2. The summed E-state index contributed by atoms with van der Waals surface area (Å²) in [7, 11) is 0. The van der Waals surface area contributed by atoms with E-state index in [1.165, 1.54) is 13.0 Å². The van der Waals surface area contributed by atoms with Gasteiger partial charge >= 0.3 is 12.4 Å². The SMILES string of the molecule is C=Cc1nc(C(F)(F)F)c(C(F)(F)F)nc1/C=C\C. The molecule has 8 heteroatoms. The molecule has 19 heavy (non-hydrogen) atoms. The molecule has 0 bridgehead atoms. The lowest BCUT2D eigenvalue weighted by Crippen LogP contribution is -2.22. The van der Waals surface area contributed by atoms with Crippen LogP contribution in [0.4, 0.5) is 26.3 Å². The highest BCUT2D eigenvalue weighted by Gasteiger charge is 2.46. The topological polar surface area (TPSA) is 25.8 Å². The van der Waals surface area contributed by atoms with Crippen LogP contribution in [0.1, 0.15) is 29.7 Å². The second-order valence-corrected chi connectivity index (χ2v) is 3.39. The molecule has 0 aromatic carbocycles. The van der Waals surface area contributed by atoms with Gasteiger partial charge in [0.25, 0.3) is 0 Å². The molecular formula is C11H8F6N2. The van der Waals surface area contributed by atoms with Crippen molar-refractivity contribution in [1.29, 1.82) is 0 Å². The Hall–Kier alpha value is -1.86. The molecule has 0 unspecified atom stereocenters. The van der Waals surface area contributed by atoms with E-state index in [-0.39, 0.29) is 11.4 Å². The molecule has 104 valence electrons. The average Bonchev–Trinajstić information content (AvgIpc) is 2.26. The van der Waals surface area contributed by atoms with Crippen molar-refractivity contribution in [2.45, 2.75) is 19.3 Å². The summed E-state index contributed by atoms with van der Waals surface area (Å²) in [6.07, 6.45) is -7.11. The van der Waals surface area contributed by atoms with Crippen LogP contribution in [0.3, 0.4) is 0 Å². The van der Waals surface area contributed by atoms with Gasteiger partial charge in [0, 0.05) is 0 Å². The number of allylic oxidation sites excluding steroid dienone is 1. The molecule has 0 aliphatic carbocycles. The predicted octanol–water partition coefficient (Wildman–Crippen LogP) is 4.19. The maximum absolute atomic E-state index is 12.6. The van der Waals surface area contributed by atoms with E-state index in [4.69, 9.17) is 0 Å². The molecule has 0 saturated carbocycles. The highest BCUT2D eigenvalue weighted by atomic mass is 19.4. The first-order valence-electron chi connectivity index (χ1n) is 4.92. The smallest absolute Gasteiger partial charge is 0.240 e. The van der Waals surface area contributed by atoms with E-state index in [9.17, 15) is 26.3 Å². The van der Waals surface area contributed by atoms with Crippen LogP contribution in [0.15, 0.2) is 12.7 Å². The summed E-state index contributed by atoms with van der Waals surface area (Å²) in [5, 5.41) is 0. The predicted molar refractivity (Wildman–Crippen MR) is 56.8 cm³/mol. The summed E-state index contributed by atoms with van der Waals surface area (Å²) in [6.45, 7) is 4.69. The minimum Gasteiger partial charge on any atom is -0.240 e. The second kappa shape index (κ2) is 5.02. The normalized spacial score (nSPS) is 13.0. The van der Waals surface area contributed by atoms with Crippen LogP contribution in [0.2, 0.25) is 0 Å². The highest BCUT2D eigenvalue weighted by Crippen LogP contribution is 2.38. The van der Waals surface area contributed by atoms with Gasteiger partial charge in [0.1, 0.15) is 0 Å². The Bertz CT molecular complexity index is 513. The fraction of sp³-hybridized carbons (Fsp3) is 0.273. The summed E-state index contributed by atoms with van der Waals surface area (Å²) < 4.78 is 75.4. The minimum absolute atomic E-state index is 0.321. The average molecular weight is 282 g/mol. The Labute approximate surface area is 104 Å². The Morgan fingerprint density at radius 1 is 0.895 bits per heavy atom. The molecule has 0 atom stereocenters. The van der Waals surface area contributed by atoms with E-state index in [0.29, 0.717) is 0 Å². The number of rotatable bonds is 2. The Balaban J connectivity index is 3.68. The largest absolute Gasteiger partial charge is 0.435 e. The van der Waals surface area contributed by atoms with Crippen molar-refractivity contribution < 1.29 is 26.3 Å². The first-order chi connectivity index (χ1) is 8.61. The Kier molecular flexibility index (Phi) is 4.02. The van der Waals surface area contributed by atoms with Crippen molar-refractivity contribution in [3.8, 4) is 0 Å². The molecule has 0 spiro atoms. The number of hydrogen-bond acceptors (Lipinski definition) is 2. The van der Waals surface area contributed by atoms with Crippen molar-refractivity contribution in [1.82, 2.24) is 9.97 Å². The molecule has 1 aromatic heterocycles. The third-order valence-electron chi connectivity index (χ3n) is 2.01. The molecule has 0 N–H and O–H groups in total. The van der Waals surface area contributed by atoms with Crippen LogP contribution < -0.4 is 0 Å². The fourth-order valence-electron chi connectivity index (χ4n) is 1.29. The third kappa shape index (κ3) is 3.33. The van der Waals surface area contributed by atoms with Crippen LogP contribution in [-0.4, -0.2) is 9.97 Å². The Morgan fingerprint density at radius 2 is 1.32 bits per heavy atom. The zero-order valence-corrected chi connectivity index (χ0v) is 9.60. The number of nitrogens with zero attached hydrogens (tertiary/aromatic N) is 2. The third-order valence-corrected chi connectivity index (χ3v) is 2.01. The zero-order chi connectivity index (χ0) is 14.8. The molecule has 0 aliphatic rings. The second-order valence-electron chi connectivity index (χ2n) is 3.39. The molecular weight excluding hydrogens is 274 g/mol. The van der Waals surface area contributed by atoms with E-state index in [1.807, 2.05) is 0 Å². The van der Waals surface area contributed by atoms with Gasteiger partial charge in [0.05, 0.1) is 11.4 Å².